The molecule has 3 aliphatic rings. The maximum Gasteiger partial charge on any atom is 0.271 e. The van der Waals surface area contributed by atoms with Crippen molar-refractivity contribution in [3.05, 3.63) is 35.4 Å². The van der Waals surface area contributed by atoms with Crippen molar-refractivity contribution < 1.29 is 9.53 Å². The van der Waals surface area contributed by atoms with Crippen LogP contribution in [-0.4, -0.2) is 35.1 Å². The maximum absolute atomic E-state index is 12.6. The second-order valence-electron chi connectivity index (χ2n) is 5.42. The topological polar surface area (TPSA) is 32.8 Å². The number of amides is 1. The molecule has 18 heavy (non-hydrogen) atoms. The highest BCUT2D eigenvalue weighted by Gasteiger charge is 2.55. The Hall–Kier alpha value is -1.39. The minimum Gasteiger partial charge on any atom is -0.348 e. The van der Waals surface area contributed by atoms with Crippen LogP contribution in [0, 0.1) is 0 Å². The van der Waals surface area contributed by atoms with E-state index in [0.717, 1.165) is 30.5 Å². The van der Waals surface area contributed by atoms with Crippen LogP contribution in [0.5, 0.6) is 0 Å². The maximum atomic E-state index is 12.6. The van der Waals surface area contributed by atoms with E-state index in [1.54, 1.807) is 0 Å². The summed E-state index contributed by atoms with van der Waals surface area (Å²) in [6.07, 6.45) is 2.26. The normalized spacial score (nSPS) is 34.4. The average Bonchev–Trinajstić information content (AvgIpc) is 2.93. The van der Waals surface area contributed by atoms with Gasteiger partial charge < -0.3 is 4.74 Å². The average molecular weight is 244 g/mol. The van der Waals surface area contributed by atoms with Gasteiger partial charge in [0.15, 0.2) is 5.72 Å². The lowest BCUT2D eigenvalue weighted by Crippen LogP contribution is -2.61. The van der Waals surface area contributed by atoms with Gasteiger partial charge in [-0.3, -0.25) is 4.79 Å². The molecule has 3 aliphatic heterocycles. The predicted molar refractivity (Wildman–Crippen MR) is 65.6 cm³/mol. The van der Waals surface area contributed by atoms with Crippen LogP contribution in [0.4, 0.5) is 0 Å². The lowest BCUT2D eigenvalue weighted by Gasteiger charge is -2.48. The third kappa shape index (κ3) is 1.10. The third-order valence-corrected chi connectivity index (χ3v) is 4.41. The first-order chi connectivity index (χ1) is 8.72. The van der Waals surface area contributed by atoms with E-state index in [1.807, 2.05) is 36.2 Å². The number of fused-ring (bicyclic) bond motifs is 5. The van der Waals surface area contributed by atoms with Crippen LogP contribution in [0.1, 0.15) is 35.7 Å². The van der Waals surface area contributed by atoms with E-state index in [0.29, 0.717) is 12.6 Å². The fourth-order valence-electron chi connectivity index (χ4n) is 3.51. The molecule has 0 aliphatic carbocycles. The van der Waals surface area contributed by atoms with Gasteiger partial charge in [-0.15, -0.1) is 0 Å². The molecule has 0 spiro atoms. The number of rotatable bonds is 0. The predicted octanol–water partition coefficient (Wildman–Crippen LogP) is 1.72. The zero-order valence-electron chi connectivity index (χ0n) is 10.4. The van der Waals surface area contributed by atoms with Crippen LogP contribution >= 0.6 is 0 Å². The van der Waals surface area contributed by atoms with E-state index in [1.165, 1.54) is 0 Å². The zero-order chi connectivity index (χ0) is 12.3. The standard InChI is InChI=1S/C14H16N2O2/c1-14-12-7-3-2-6-11(12)13(17)16(14)15-8-4-5-10(15)9-18-14/h2-3,6-7,10H,4-5,8-9H2,1H3/t10-,14+/m0/s1. The molecule has 1 amide bonds. The summed E-state index contributed by atoms with van der Waals surface area (Å²) in [7, 11) is 0. The molecule has 0 aromatic heterocycles. The Labute approximate surface area is 106 Å². The molecule has 2 fully saturated rings. The summed E-state index contributed by atoms with van der Waals surface area (Å²) in [6, 6.07) is 8.16. The Morgan fingerprint density at radius 3 is 3.11 bits per heavy atom. The lowest BCUT2D eigenvalue weighted by molar-refractivity contribution is -0.257. The fraction of sp³-hybridized carbons (Fsp3) is 0.500. The largest absolute Gasteiger partial charge is 0.348 e. The molecule has 3 heterocycles. The van der Waals surface area contributed by atoms with Gasteiger partial charge in [-0.05, 0) is 25.8 Å². The molecule has 0 saturated carbocycles. The minimum atomic E-state index is -0.603. The van der Waals surface area contributed by atoms with Crippen molar-refractivity contribution in [3.63, 3.8) is 0 Å². The van der Waals surface area contributed by atoms with Gasteiger partial charge in [-0.2, -0.15) is 0 Å². The van der Waals surface area contributed by atoms with Crippen LogP contribution < -0.4 is 0 Å². The summed E-state index contributed by atoms with van der Waals surface area (Å²) < 4.78 is 6.06. The smallest absolute Gasteiger partial charge is 0.271 e. The van der Waals surface area contributed by atoms with Crippen LogP contribution in [-0.2, 0) is 10.5 Å². The number of hydrogen-bond donors (Lipinski definition) is 0. The highest BCUT2D eigenvalue weighted by Crippen LogP contribution is 2.45. The summed E-state index contributed by atoms with van der Waals surface area (Å²) in [5.74, 6) is 0.0831. The Kier molecular flexibility index (Phi) is 1.95. The monoisotopic (exact) mass is 244 g/mol. The molecule has 0 bridgehead atoms. The van der Waals surface area contributed by atoms with Crippen molar-refractivity contribution in [3.8, 4) is 0 Å². The molecule has 94 valence electrons. The minimum absolute atomic E-state index is 0.0831. The Morgan fingerprint density at radius 1 is 1.39 bits per heavy atom. The molecule has 0 radical (unpaired) electrons. The molecular weight excluding hydrogens is 228 g/mol. The molecule has 4 heteroatoms. The summed E-state index contributed by atoms with van der Waals surface area (Å²) in [4.78, 5) is 12.6. The van der Waals surface area contributed by atoms with Crippen LogP contribution in [0.15, 0.2) is 24.3 Å². The van der Waals surface area contributed by atoms with Crippen molar-refractivity contribution in [2.24, 2.45) is 0 Å². The SMILES string of the molecule is C[C@]12OC[C@@H]3CCCN3N1C(=O)c1ccccc12. The highest BCUT2D eigenvalue weighted by atomic mass is 16.5. The molecule has 1 aromatic rings. The number of carbonyl (C=O) groups excluding carboxylic acids is 1. The van der Waals surface area contributed by atoms with E-state index in [4.69, 9.17) is 4.74 Å². The van der Waals surface area contributed by atoms with Gasteiger partial charge in [0.2, 0.25) is 0 Å². The second-order valence-corrected chi connectivity index (χ2v) is 5.42. The number of nitrogens with zero attached hydrogens (tertiary/aromatic N) is 2. The number of hydrazine groups is 1. The van der Waals surface area contributed by atoms with Gasteiger partial charge >= 0.3 is 0 Å². The highest BCUT2D eigenvalue weighted by molar-refractivity contribution is 5.99. The zero-order valence-corrected chi connectivity index (χ0v) is 10.4. The fourth-order valence-corrected chi connectivity index (χ4v) is 3.51. The number of benzene rings is 1. The van der Waals surface area contributed by atoms with E-state index < -0.39 is 5.72 Å². The van der Waals surface area contributed by atoms with Gasteiger partial charge in [0.25, 0.3) is 5.91 Å². The molecule has 2 saturated heterocycles. The molecule has 2 atom stereocenters. The Morgan fingerprint density at radius 2 is 2.22 bits per heavy atom. The van der Waals surface area contributed by atoms with Crippen molar-refractivity contribution >= 4 is 5.91 Å². The van der Waals surface area contributed by atoms with Crippen LogP contribution in [0.25, 0.3) is 0 Å². The van der Waals surface area contributed by atoms with E-state index >= 15 is 0 Å². The molecule has 0 N–H and O–H groups in total. The van der Waals surface area contributed by atoms with Gasteiger partial charge in [0, 0.05) is 17.7 Å². The van der Waals surface area contributed by atoms with E-state index in [9.17, 15) is 4.79 Å². The van der Waals surface area contributed by atoms with Gasteiger partial charge in [-0.25, -0.2) is 10.0 Å². The summed E-state index contributed by atoms with van der Waals surface area (Å²) in [6.45, 7) is 3.68. The van der Waals surface area contributed by atoms with Crippen LogP contribution in [0.2, 0.25) is 0 Å². The van der Waals surface area contributed by atoms with Crippen molar-refractivity contribution in [2.45, 2.75) is 31.5 Å². The van der Waals surface area contributed by atoms with Gasteiger partial charge in [0.1, 0.15) is 0 Å². The summed E-state index contributed by atoms with van der Waals surface area (Å²) in [5, 5.41) is 4.06. The number of ether oxygens (including phenoxy) is 1. The third-order valence-electron chi connectivity index (χ3n) is 4.41. The lowest BCUT2D eigenvalue weighted by atomic mass is 10.0. The van der Waals surface area contributed by atoms with Crippen molar-refractivity contribution in [2.75, 3.05) is 13.2 Å². The summed E-state index contributed by atoms with van der Waals surface area (Å²) in [5.41, 5.74) is 1.18. The van der Waals surface area contributed by atoms with Crippen LogP contribution in [0.3, 0.4) is 0 Å². The van der Waals surface area contributed by atoms with Gasteiger partial charge in [-0.1, -0.05) is 18.2 Å². The first-order valence-electron chi connectivity index (χ1n) is 6.56. The molecule has 0 unspecified atom stereocenters. The first kappa shape index (κ1) is 10.5. The summed E-state index contributed by atoms with van der Waals surface area (Å²) >= 11 is 0. The molecule has 4 nitrogen and oxygen atoms in total. The van der Waals surface area contributed by atoms with Crippen molar-refractivity contribution in [1.29, 1.82) is 0 Å². The Bertz CT molecular complexity index is 530. The quantitative estimate of drug-likeness (QED) is 0.696. The number of carbonyl (C=O) groups is 1. The molecule has 1 aromatic carbocycles. The van der Waals surface area contributed by atoms with Gasteiger partial charge in [0.05, 0.1) is 12.6 Å². The molecule has 4 rings (SSSR count). The molecular formula is C14H16N2O2. The van der Waals surface area contributed by atoms with Crippen molar-refractivity contribution in [1.82, 2.24) is 10.0 Å². The first-order valence-corrected chi connectivity index (χ1v) is 6.56. The Balaban J connectivity index is 1.87. The number of hydrogen-bond acceptors (Lipinski definition) is 3. The second kappa shape index (κ2) is 3.33. The van der Waals surface area contributed by atoms with E-state index in [2.05, 4.69) is 5.01 Å². The van der Waals surface area contributed by atoms with E-state index in [-0.39, 0.29) is 5.91 Å².